The van der Waals surface area contributed by atoms with Crippen LogP contribution in [0.1, 0.15) is 30.5 Å². The number of nitrogens with zero attached hydrogens (tertiary/aromatic N) is 3. The minimum Gasteiger partial charge on any atom is -0.228 e. The van der Waals surface area contributed by atoms with E-state index in [2.05, 4.69) is 141 Å². The van der Waals surface area contributed by atoms with E-state index in [-0.39, 0.29) is 5.41 Å². The first-order valence-electron chi connectivity index (χ1n) is 17.3. The number of aromatic nitrogens is 2. The van der Waals surface area contributed by atoms with Gasteiger partial charge in [0.2, 0.25) is 0 Å². The molecule has 9 rings (SSSR count). The third-order valence-corrected chi connectivity index (χ3v) is 10.3. The molecular formula is C48H33N3. The molecule has 0 saturated carbocycles. The summed E-state index contributed by atoms with van der Waals surface area (Å²) in [4.78, 5) is 10.1. The van der Waals surface area contributed by atoms with E-state index in [1.165, 1.54) is 44.2 Å². The van der Waals surface area contributed by atoms with Crippen LogP contribution in [0.25, 0.3) is 78.1 Å². The molecule has 0 amide bonds. The summed E-state index contributed by atoms with van der Waals surface area (Å²) in [6.07, 6.45) is 0. The van der Waals surface area contributed by atoms with Crippen molar-refractivity contribution >= 4 is 10.8 Å². The predicted molar refractivity (Wildman–Crippen MR) is 209 cm³/mol. The lowest BCUT2D eigenvalue weighted by molar-refractivity contribution is 0.661. The zero-order chi connectivity index (χ0) is 34.5. The average Bonchev–Trinajstić information content (AvgIpc) is 3.42. The Morgan fingerprint density at radius 2 is 1.00 bits per heavy atom. The number of rotatable bonds is 5. The first-order valence-corrected chi connectivity index (χ1v) is 17.3. The highest BCUT2D eigenvalue weighted by Crippen LogP contribution is 2.53. The molecule has 1 aromatic heterocycles. The van der Waals surface area contributed by atoms with E-state index >= 15 is 0 Å². The molecule has 0 unspecified atom stereocenters. The fraction of sp³-hybridized carbons (Fsp3) is 0.0625. The number of benzene rings is 7. The molecule has 0 saturated heterocycles. The predicted octanol–water partition coefficient (Wildman–Crippen LogP) is 12.1. The summed E-state index contributed by atoms with van der Waals surface area (Å²) in [7, 11) is 0. The summed E-state index contributed by atoms with van der Waals surface area (Å²) in [5, 5.41) is 11.7. The van der Waals surface area contributed by atoms with Crippen molar-refractivity contribution in [3.05, 3.63) is 180 Å². The molecule has 1 aliphatic carbocycles. The Kier molecular flexibility index (Phi) is 7.19. The minimum atomic E-state index is -0.0872. The van der Waals surface area contributed by atoms with Crippen LogP contribution in [0, 0.1) is 11.3 Å². The fourth-order valence-electron chi connectivity index (χ4n) is 7.56. The van der Waals surface area contributed by atoms with Crippen LogP contribution in [0.5, 0.6) is 0 Å². The largest absolute Gasteiger partial charge is 0.228 e. The van der Waals surface area contributed by atoms with Gasteiger partial charge in [0.15, 0.2) is 5.82 Å². The molecular weight excluding hydrogens is 619 g/mol. The first-order chi connectivity index (χ1) is 25.0. The molecule has 0 atom stereocenters. The Bertz CT molecular complexity index is 2630. The first kappa shape index (κ1) is 30.4. The Balaban J connectivity index is 1.11. The van der Waals surface area contributed by atoms with Crippen molar-refractivity contribution in [2.45, 2.75) is 19.3 Å². The highest BCUT2D eigenvalue weighted by atomic mass is 14.9. The molecule has 0 radical (unpaired) electrons. The smallest absolute Gasteiger partial charge is 0.160 e. The number of hydrogen-bond donors (Lipinski definition) is 0. The maximum atomic E-state index is 9.19. The van der Waals surface area contributed by atoms with Gasteiger partial charge in [-0.1, -0.05) is 147 Å². The van der Waals surface area contributed by atoms with Crippen molar-refractivity contribution in [2.75, 3.05) is 0 Å². The second-order valence-electron chi connectivity index (χ2n) is 13.8. The van der Waals surface area contributed by atoms with Gasteiger partial charge in [0.05, 0.1) is 23.0 Å². The summed E-state index contributed by atoms with van der Waals surface area (Å²) < 4.78 is 0. The second kappa shape index (κ2) is 12.1. The van der Waals surface area contributed by atoms with Gasteiger partial charge in [-0.3, -0.25) is 0 Å². The fourth-order valence-corrected chi connectivity index (χ4v) is 7.56. The summed E-state index contributed by atoms with van der Waals surface area (Å²) in [5.41, 5.74) is 15.3. The zero-order valence-electron chi connectivity index (χ0n) is 28.4. The van der Waals surface area contributed by atoms with Crippen LogP contribution in [-0.2, 0) is 5.41 Å². The summed E-state index contributed by atoms with van der Waals surface area (Å²) in [5.74, 6) is 0.690. The average molecular weight is 652 g/mol. The van der Waals surface area contributed by atoms with E-state index < -0.39 is 0 Å². The van der Waals surface area contributed by atoms with Crippen molar-refractivity contribution < 1.29 is 0 Å². The molecule has 240 valence electrons. The van der Waals surface area contributed by atoms with Crippen LogP contribution in [0.2, 0.25) is 0 Å². The van der Waals surface area contributed by atoms with E-state index in [0.29, 0.717) is 11.4 Å². The van der Waals surface area contributed by atoms with Crippen molar-refractivity contribution in [1.82, 2.24) is 9.97 Å². The van der Waals surface area contributed by atoms with Gasteiger partial charge in [0, 0.05) is 22.1 Å². The van der Waals surface area contributed by atoms with Crippen LogP contribution in [-0.4, -0.2) is 9.97 Å². The van der Waals surface area contributed by atoms with E-state index in [0.717, 1.165) is 39.2 Å². The number of hydrogen-bond acceptors (Lipinski definition) is 3. The van der Waals surface area contributed by atoms with Crippen molar-refractivity contribution in [2.24, 2.45) is 0 Å². The zero-order valence-corrected chi connectivity index (χ0v) is 28.4. The lowest BCUT2D eigenvalue weighted by atomic mass is 9.81. The van der Waals surface area contributed by atoms with Gasteiger partial charge in [0.1, 0.15) is 0 Å². The third kappa shape index (κ3) is 5.30. The Morgan fingerprint density at radius 1 is 0.451 bits per heavy atom. The highest BCUT2D eigenvalue weighted by molar-refractivity contribution is 5.98. The van der Waals surface area contributed by atoms with Crippen LogP contribution in [0.3, 0.4) is 0 Å². The van der Waals surface area contributed by atoms with Crippen molar-refractivity contribution in [3.63, 3.8) is 0 Å². The van der Waals surface area contributed by atoms with E-state index in [1.807, 2.05) is 42.5 Å². The van der Waals surface area contributed by atoms with Gasteiger partial charge in [-0.15, -0.1) is 0 Å². The summed E-state index contributed by atoms with van der Waals surface area (Å²) in [6.45, 7) is 4.69. The lowest BCUT2D eigenvalue weighted by Crippen LogP contribution is -2.14. The molecule has 51 heavy (non-hydrogen) atoms. The van der Waals surface area contributed by atoms with E-state index in [4.69, 9.17) is 9.97 Å². The molecule has 8 aromatic rings. The Morgan fingerprint density at radius 3 is 1.63 bits per heavy atom. The Labute approximate surface area is 298 Å². The SMILES string of the molecule is CC1(C)c2cc3ccccc3cc2-c2c(-c3ccc(-c4cc(-c5ccc(-c6ccc(C#N)cc6)cc5)nc(-c5ccccc5)n4)cc3)cccc21. The maximum absolute atomic E-state index is 9.19. The summed E-state index contributed by atoms with van der Waals surface area (Å²) >= 11 is 0. The van der Waals surface area contributed by atoms with Crippen LogP contribution < -0.4 is 0 Å². The van der Waals surface area contributed by atoms with Gasteiger partial charge in [-0.05, 0) is 85.6 Å². The maximum Gasteiger partial charge on any atom is 0.160 e. The third-order valence-electron chi connectivity index (χ3n) is 10.3. The minimum absolute atomic E-state index is 0.0872. The van der Waals surface area contributed by atoms with Crippen molar-refractivity contribution in [1.29, 1.82) is 5.26 Å². The summed E-state index contributed by atoms with van der Waals surface area (Å²) in [6, 6.07) is 59.5. The topological polar surface area (TPSA) is 49.6 Å². The molecule has 1 aliphatic rings. The van der Waals surface area contributed by atoms with Gasteiger partial charge < -0.3 is 0 Å². The second-order valence-corrected chi connectivity index (χ2v) is 13.8. The molecule has 1 heterocycles. The quantitative estimate of drug-likeness (QED) is 0.186. The highest BCUT2D eigenvalue weighted by Gasteiger charge is 2.37. The van der Waals surface area contributed by atoms with Gasteiger partial charge in [-0.2, -0.15) is 5.26 Å². The van der Waals surface area contributed by atoms with Crippen LogP contribution in [0.15, 0.2) is 164 Å². The van der Waals surface area contributed by atoms with Gasteiger partial charge >= 0.3 is 0 Å². The van der Waals surface area contributed by atoms with E-state index in [9.17, 15) is 5.26 Å². The number of nitriles is 1. The molecule has 3 heteroatoms. The Hall–Kier alpha value is -6.63. The van der Waals surface area contributed by atoms with Gasteiger partial charge in [-0.25, -0.2) is 9.97 Å². The number of fused-ring (bicyclic) bond motifs is 4. The molecule has 7 aromatic carbocycles. The normalized spacial score (nSPS) is 12.6. The van der Waals surface area contributed by atoms with E-state index in [1.54, 1.807) is 0 Å². The molecule has 0 aliphatic heterocycles. The molecule has 0 bridgehead atoms. The molecule has 0 fully saturated rings. The van der Waals surface area contributed by atoms with Crippen LogP contribution >= 0.6 is 0 Å². The van der Waals surface area contributed by atoms with Crippen molar-refractivity contribution in [3.8, 4) is 73.4 Å². The standard InChI is InChI=1S/C48H33N3/c1-48(2)42-14-8-13-40(46(42)41-27-38-11-6-7-12-39(38)28-43(41)48)34-21-25-36(26-22-34)45-29-44(50-47(51-45)37-9-4-3-5-10-37)35-23-19-33(20-24-35)32-17-15-31(30-49)16-18-32/h3-29H,1-2H3. The lowest BCUT2D eigenvalue weighted by Gasteiger charge is -2.22. The monoisotopic (exact) mass is 651 g/mol. The molecule has 0 N–H and O–H groups in total. The van der Waals surface area contributed by atoms with Gasteiger partial charge in [0.25, 0.3) is 0 Å². The molecule has 3 nitrogen and oxygen atoms in total. The van der Waals surface area contributed by atoms with Crippen LogP contribution in [0.4, 0.5) is 0 Å². The molecule has 0 spiro atoms.